The molecule has 1 aliphatic rings. The molecule has 1 heterocycles. The van der Waals surface area contributed by atoms with Crippen molar-refractivity contribution in [2.45, 2.75) is 26.8 Å². The minimum Gasteiger partial charge on any atom is -0.496 e. The number of hydrogen-bond acceptors (Lipinski definition) is 4. The van der Waals surface area contributed by atoms with Gasteiger partial charge in [0.2, 0.25) is 5.91 Å². The summed E-state index contributed by atoms with van der Waals surface area (Å²) in [6, 6.07) is 7.57. The highest BCUT2D eigenvalue weighted by Crippen LogP contribution is 2.58. The number of pyridine rings is 1. The molecule has 1 fully saturated rings. The number of aliphatic carboxylic acids is 1. The second-order valence-electron chi connectivity index (χ2n) is 6.79. The number of aromatic nitrogens is 1. The highest BCUT2D eigenvalue weighted by atomic mass is 16.5. The lowest BCUT2D eigenvalue weighted by molar-refractivity contribution is -0.142. The number of methoxy groups -OCH3 is 1. The van der Waals surface area contributed by atoms with Crippen LogP contribution in [0.2, 0.25) is 0 Å². The van der Waals surface area contributed by atoms with Crippen LogP contribution in [0, 0.1) is 17.3 Å². The van der Waals surface area contributed by atoms with E-state index >= 15 is 0 Å². The van der Waals surface area contributed by atoms with E-state index in [4.69, 9.17) is 4.74 Å². The molecule has 1 aromatic carbocycles. The average Bonchev–Trinajstić information content (AvgIpc) is 3.36. The van der Waals surface area contributed by atoms with E-state index in [1.165, 1.54) is 0 Å². The lowest BCUT2D eigenvalue weighted by Crippen LogP contribution is -2.37. The molecular weight excluding hydrogens is 320 g/mol. The predicted octanol–water partition coefficient (Wildman–Crippen LogP) is 2.61. The van der Waals surface area contributed by atoms with Gasteiger partial charge in [0.25, 0.3) is 0 Å². The van der Waals surface area contributed by atoms with Crippen molar-refractivity contribution in [2.75, 3.05) is 7.11 Å². The van der Waals surface area contributed by atoms with Crippen LogP contribution in [0.25, 0.3) is 10.9 Å². The lowest BCUT2D eigenvalue weighted by Gasteiger charge is -2.21. The Morgan fingerprint density at radius 2 is 2.16 bits per heavy atom. The third kappa shape index (κ3) is 2.81. The lowest BCUT2D eigenvalue weighted by atomic mass is 9.88. The van der Waals surface area contributed by atoms with Gasteiger partial charge >= 0.3 is 5.97 Å². The van der Waals surface area contributed by atoms with Crippen molar-refractivity contribution in [3.8, 4) is 5.75 Å². The average molecular weight is 342 g/mol. The van der Waals surface area contributed by atoms with Crippen molar-refractivity contribution < 1.29 is 19.4 Å². The summed E-state index contributed by atoms with van der Waals surface area (Å²) in [5.41, 5.74) is 0.739. The number of carbonyl (C=O) groups is 2. The molecule has 1 saturated carbocycles. The van der Waals surface area contributed by atoms with Gasteiger partial charge in [0, 0.05) is 23.7 Å². The van der Waals surface area contributed by atoms with Gasteiger partial charge in [-0.15, -0.1) is 0 Å². The molecule has 2 aromatic rings. The third-order valence-corrected chi connectivity index (χ3v) is 5.24. The minimum atomic E-state index is -0.909. The topological polar surface area (TPSA) is 88.5 Å². The summed E-state index contributed by atoms with van der Waals surface area (Å²) in [6.07, 6.45) is 2.08. The van der Waals surface area contributed by atoms with Crippen molar-refractivity contribution in [1.29, 1.82) is 0 Å². The number of carbonyl (C=O) groups excluding carboxylic acids is 1. The first-order valence-corrected chi connectivity index (χ1v) is 8.33. The van der Waals surface area contributed by atoms with Gasteiger partial charge in [0.05, 0.1) is 24.0 Å². The zero-order valence-electron chi connectivity index (χ0n) is 14.6. The summed E-state index contributed by atoms with van der Waals surface area (Å²) < 4.78 is 5.41. The van der Waals surface area contributed by atoms with Crippen LogP contribution in [0.1, 0.15) is 25.8 Å². The number of fused-ring (bicyclic) bond motifs is 1. The molecule has 132 valence electrons. The highest BCUT2D eigenvalue weighted by Gasteiger charge is 2.65. The molecule has 2 atom stereocenters. The number of carboxylic acids is 1. The van der Waals surface area contributed by atoms with E-state index in [1.807, 2.05) is 38.1 Å². The first-order valence-electron chi connectivity index (χ1n) is 8.33. The Kier molecular flexibility index (Phi) is 4.37. The number of carboxylic acid groups (broad SMARTS) is 1. The summed E-state index contributed by atoms with van der Waals surface area (Å²) in [5.74, 6) is -1.13. The molecule has 1 aliphatic carbocycles. The maximum absolute atomic E-state index is 12.8. The van der Waals surface area contributed by atoms with Gasteiger partial charge in [-0.25, -0.2) is 0 Å². The molecule has 0 saturated heterocycles. The Hall–Kier alpha value is -2.63. The summed E-state index contributed by atoms with van der Waals surface area (Å²) in [6.45, 7) is 4.03. The van der Waals surface area contributed by atoms with Crippen LogP contribution in [0.4, 0.5) is 0 Å². The smallest absolute Gasteiger partial charge is 0.307 e. The normalized spacial score (nSPS) is 22.0. The number of nitrogens with zero attached hydrogens (tertiary/aromatic N) is 1. The first-order chi connectivity index (χ1) is 11.9. The van der Waals surface area contributed by atoms with Crippen LogP contribution in [0.15, 0.2) is 30.5 Å². The quantitative estimate of drug-likeness (QED) is 0.842. The standard InChI is InChI=1S/C19H22N2O4/c1-11(2)19(9-14(19)17(22)23)18(24)21-10-13-15(25-3)7-6-12-5-4-8-20-16(12)13/h4-8,11,14H,9-10H2,1-3H3,(H,21,24)(H,22,23)/t14-,19+/m1/s1. The number of ether oxygens (including phenoxy) is 1. The molecule has 2 N–H and O–H groups in total. The molecule has 25 heavy (non-hydrogen) atoms. The molecule has 0 bridgehead atoms. The van der Waals surface area contributed by atoms with Gasteiger partial charge in [-0.2, -0.15) is 0 Å². The van der Waals surface area contributed by atoms with Crippen LogP contribution in [-0.2, 0) is 16.1 Å². The van der Waals surface area contributed by atoms with Crippen molar-refractivity contribution in [3.05, 3.63) is 36.0 Å². The van der Waals surface area contributed by atoms with Gasteiger partial charge in [-0.3, -0.25) is 14.6 Å². The molecule has 6 nitrogen and oxygen atoms in total. The molecular formula is C19H22N2O4. The number of amides is 1. The number of rotatable bonds is 6. The largest absolute Gasteiger partial charge is 0.496 e. The van der Waals surface area contributed by atoms with Crippen molar-refractivity contribution in [3.63, 3.8) is 0 Å². The van der Waals surface area contributed by atoms with Gasteiger partial charge in [-0.1, -0.05) is 19.9 Å². The predicted molar refractivity (Wildman–Crippen MR) is 93.2 cm³/mol. The Balaban J connectivity index is 1.85. The van der Waals surface area contributed by atoms with Crippen LogP contribution >= 0.6 is 0 Å². The molecule has 0 aliphatic heterocycles. The zero-order valence-corrected chi connectivity index (χ0v) is 14.6. The van der Waals surface area contributed by atoms with Gasteiger partial charge in [0.1, 0.15) is 5.75 Å². The summed E-state index contributed by atoms with van der Waals surface area (Å²) >= 11 is 0. The monoisotopic (exact) mass is 342 g/mol. The fourth-order valence-corrected chi connectivity index (χ4v) is 3.62. The van der Waals surface area contributed by atoms with Crippen LogP contribution < -0.4 is 10.1 Å². The maximum Gasteiger partial charge on any atom is 0.307 e. The highest BCUT2D eigenvalue weighted by molar-refractivity contribution is 5.94. The van der Waals surface area contributed by atoms with Crippen LogP contribution in [0.5, 0.6) is 5.75 Å². The molecule has 0 spiro atoms. The molecule has 1 amide bonds. The summed E-state index contributed by atoms with van der Waals surface area (Å²) in [4.78, 5) is 28.5. The molecule has 0 unspecified atom stereocenters. The second kappa shape index (κ2) is 6.35. The third-order valence-electron chi connectivity index (χ3n) is 5.24. The summed E-state index contributed by atoms with van der Waals surface area (Å²) in [5, 5.41) is 13.2. The van der Waals surface area contributed by atoms with Crippen molar-refractivity contribution in [2.24, 2.45) is 17.3 Å². The van der Waals surface area contributed by atoms with E-state index < -0.39 is 17.3 Å². The fourth-order valence-electron chi connectivity index (χ4n) is 3.62. The SMILES string of the molecule is COc1ccc2cccnc2c1CNC(=O)[C@]1(C(C)C)C[C@@H]1C(=O)O. The Bertz CT molecular complexity index is 833. The Morgan fingerprint density at radius 1 is 1.40 bits per heavy atom. The second-order valence-corrected chi connectivity index (χ2v) is 6.79. The molecule has 3 rings (SSSR count). The van der Waals surface area contributed by atoms with Crippen LogP contribution in [-0.4, -0.2) is 29.1 Å². The summed E-state index contributed by atoms with van der Waals surface area (Å²) in [7, 11) is 1.58. The van der Waals surface area contributed by atoms with E-state index in [2.05, 4.69) is 10.3 Å². The number of hydrogen-bond donors (Lipinski definition) is 2. The fraction of sp³-hybridized carbons (Fsp3) is 0.421. The first kappa shape index (κ1) is 17.2. The molecule has 0 radical (unpaired) electrons. The number of benzene rings is 1. The Morgan fingerprint density at radius 3 is 2.76 bits per heavy atom. The zero-order chi connectivity index (χ0) is 18.2. The van der Waals surface area contributed by atoms with Crippen LogP contribution in [0.3, 0.4) is 0 Å². The van der Waals surface area contributed by atoms with E-state index in [0.29, 0.717) is 12.2 Å². The van der Waals surface area contributed by atoms with E-state index in [-0.39, 0.29) is 18.4 Å². The minimum absolute atomic E-state index is 0.0406. The van der Waals surface area contributed by atoms with Gasteiger partial charge in [-0.05, 0) is 30.5 Å². The Labute approximate surface area is 146 Å². The molecule has 1 aromatic heterocycles. The van der Waals surface area contributed by atoms with Gasteiger partial charge in [0.15, 0.2) is 0 Å². The van der Waals surface area contributed by atoms with Crippen molar-refractivity contribution in [1.82, 2.24) is 10.3 Å². The van der Waals surface area contributed by atoms with E-state index in [1.54, 1.807) is 13.3 Å². The van der Waals surface area contributed by atoms with Gasteiger partial charge < -0.3 is 15.2 Å². The van der Waals surface area contributed by atoms with E-state index in [0.717, 1.165) is 16.5 Å². The maximum atomic E-state index is 12.8. The molecule has 6 heteroatoms. The number of nitrogens with one attached hydrogen (secondary N) is 1. The van der Waals surface area contributed by atoms with Crippen molar-refractivity contribution >= 4 is 22.8 Å². The van der Waals surface area contributed by atoms with E-state index in [9.17, 15) is 14.7 Å².